The highest BCUT2D eigenvalue weighted by Gasteiger charge is 2.23. The number of hydrogen-bond acceptors (Lipinski definition) is 2. The number of nitrogens with one attached hydrogen (secondary N) is 1. The average Bonchev–Trinajstić information content (AvgIpc) is 2.96. The normalized spacial score (nSPS) is 15.6. The minimum atomic E-state index is -0.410. The van der Waals surface area contributed by atoms with Crippen LogP contribution in [0.15, 0.2) is 23.0 Å². The summed E-state index contributed by atoms with van der Waals surface area (Å²) in [5.41, 5.74) is 1.22. The molecule has 0 atom stereocenters. The molecule has 1 heterocycles. The van der Waals surface area contributed by atoms with Crippen molar-refractivity contribution in [2.45, 2.75) is 31.6 Å². The van der Waals surface area contributed by atoms with Crippen molar-refractivity contribution in [2.75, 3.05) is 0 Å². The van der Waals surface area contributed by atoms with Gasteiger partial charge in [0.2, 0.25) is 0 Å². The number of hydrogen-bond donors (Lipinski definition) is 1. The van der Waals surface area contributed by atoms with E-state index < -0.39 is 5.82 Å². The Morgan fingerprint density at radius 1 is 1.33 bits per heavy atom. The Kier molecular flexibility index (Phi) is 4.31. The van der Waals surface area contributed by atoms with Crippen molar-refractivity contribution in [1.29, 1.82) is 0 Å². The number of aromatic amines is 1. The van der Waals surface area contributed by atoms with Crippen molar-refractivity contribution in [1.82, 2.24) is 9.97 Å². The summed E-state index contributed by atoms with van der Waals surface area (Å²) in [7, 11) is 0. The molecule has 1 saturated carbocycles. The van der Waals surface area contributed by atoms with Crippen LogP contribution in [0.1, 0.15) is 37.3 Å². The van der Waals surface area contributed by atoms with E-state index >= 15 is 0 Å². The molecule has 1 N–H and O–H groups in total. The van der Waals surface area contributed by atoms with Crippen molar-refractivity contribution >= 4 is 34.2 Å². The second kappa shape index (κ2) is 6.04. The van der Waals surface area contributed by atoms with Gasteiger partial charge in [0, 0.05) is 11.5 Å². The summed E-state index contributed by atoms with van der Waals surface area (Å²) in [6.45, 7) is 0. The average molecular weight is 419 g/mol. The van der Waals surface area contributed by atoms with E-state index in [-0.39, 0.29) is 10.6 Å². The highest BCUT2D eigenvalue weighted by molar-refractivity contribution is 14.1. The molecule has 1 aliphatic carbocycles. The molecule has 2 aromatic rings. The summed E-state index contributed by atoms with van der Waals surface area (Å²) in [5.74, 6) is 0.331. The molecule has 0 radical (unpaired) electrons. The largest absolute Gasteiger partial charge is 0.306 e. The van der Waals surface area contributed by atoms with E-state index in [4.69, 9.17) is 11.6 Å². The minimum absolute atomic E-state index is 0.164. The molecule has 21 heavy (non-hydrogen) atoms. The first-order valence-electron chi connectivity index (χ1n) is 6.81. The smallest absolute Gasteiger partial charge is 0.264 e. The number of aromatic nitrogens is 2. The second-order valence-electron chi connectivity index (χ2n) is 5.22. The zero-order valence-corrected chi connectivity index (χ0v) is 14.0. The van der Waals surface area contributed by atoms with E-state index in [0.29, 0.717) is 20.9 Å². The number of halogens is 3. The summed E-state index contributed by atoms with van der Waals surface area (Å²) in [4.78, 5) is 19.5. The molecule has 1 fully saturated rings. The first-order chi connectivity index (χ1) is 10.1. The Morgan fingerprint density at radius 2 is 2.05 bits per heavy atom. The summed E-state index contributed by atoms with van der Waals surface area (Å²) >= 11 is 8.11. The SMILES string of the molecule is O=c1[nH]c(-c2ccc(F)cc2Cl)nc(C2CCCC2)c1I. The number of nitrogens with zero attached hydrogens (tertiary/aromatic N) is 1. The van der Waals surface area contributed by atoms with Crippen molar-refractivity contribution in [2.24, 2.45) is 0 Å². The van der Waals surface area contributed by atoms with Gasteiger partial charge in [0.15, 0.2) is 0 Å². The lowest BCUT2D eigenvalue weighted by molar-refractivity contribution is 0.628. The van der Waals surface area contributed by atoms with Gasteiger partial charge in [-0.05, 0) is 53.6 Å². The molecule has 3 nitrogen and oxygen atoms in total. The third kappa shape index (κ3) is 2.99. The molecule has 1 aromatic carbocycles. The van der Waals surface area contributed by atoms with Crippen LogP contribution in [0.4, 0.5) is 4.39 Å². The first-order valence-corrected chi connectivity index (χ1v) is 8.27. The van der Waals surface area contributed by atoms with E-state index in [9.17, 15) is 9.18 Å². The Hall–Kier alpha value is -0.950. The van der Waals surface area contributed by atoms with Crippen LogP contribution in [-0.2, 0) is 0 Å². The molecule has 3 rings (SSSR count). The lowest BCUT2D eigenvalue weighted by Crippen LogP contribution is -2.18. The lowest BCUT2D eigenvalue weighted by Gasteiger charge is -2.12. The van der Waals surface area contributed by atoms with Crippen LogP contribution >= 0.6 is 34.2 Å². The summed E-state index contributed by atoms with van der Waals surface area (Å²) in [5, 5.41) is 0.247. The van der Waals surface area contributed by atoms with Gasteiger partial charge >= 0.3 is 0 Å². The lowest BCUT2D eigenvalue weighted by atomic mass is 10.0. The highest BCUT2D eigenvalue weighted by Crippen LogP contribution is 2.35. The van der Waals surface area contributed by atoms with Gasteiger partial charge in [-0.1, -0.05) is 24.4 Å². The third-order valence-corrected chi connectivity index (χ3v) is 5.17. The van der Waals surface area contributed by atoms with Crippen LogP contribution in [0.5, 0.6) is 0 Å². The van der Waals surface area contributed by atoms with Crippen molar-refractivity contribution in [3.05, 3.63) is 48.7 Å². The Morgan fingerprint density at radius 3 is 2.71 bits per heavy atom. The highest BCUT2D eigenvalue weighted by atomic mass is 127. The molecule has 0 unspecified atom stereocenters. The predicted octanol–water partition coefficient (Wildman–Crippen LogP) is 4.49. The van der Waals surface area contributed by atoms with Crippen LogP contribution in [0.2, 0.25) is 5.02 Å². The first kappa shape index (κ1) is 15.0. The molecule has 0 spiro atoms. The van der Waals surface area contributed by atoms with Gasteiger partial charge in [0.1, 0.15) is 11.6 Å². The van der Waals surface area contributed by atoms with Crippen LogP contribution in [0, 0.1) is 9.39 Å². The molecule has 1 aromatic heterocycles. The van der Waals surface area contributed by atoms with Gasteiger partial charge in [-0.15, -0.1) is 0 Å². The van der Waals surface area contributed by atoms with Crippen molar-refractivity contribution < 1.29 is 4.39 Å². The fourth-order valence-corrected chi connectivity index (χ4v) is 3.71. The molecule has 1 aliphatic rings. The molecule has 0 aliphatic heterocycles. The number of H-pyrrole nitrogens is 1. The molecule has 110 valence electrons. The van der Waals surface area contributed by atoms with Gasteiger partial charge < -0.3 is 4.98 Å². The predicted molar refractivity (Wildman–Crippen MR) is 89.2 cm³/mol. The minimum Gasteiger partial charge on any atom is -0.306 e. The maximum atomic E-state index is 13.2. The zero-order chi connectivity index (χ0) is 15.0. The third-order valence-electron chi connectivity index (χ3n) is 3.82. The van der Waals surface area contributed by atoms with E-state index in [1.165, 1.54) is 25.0 Å². The maximum Gasteiger partial charge on any atom is 0.264 e. The van der Waals surface area contributed by atoms with Gasteiger partial charge in [0.25, 0.3) is 5.56 Å². The maximum absolute atomic E-state index is 13.2. The summed E-state index contributed by atoms with van der Waals surface area (Å²) < 4.78 is 13.8. The zero-order valence-electron chi connectivity index (χ0n) is 11.1. The Balaban J connectivity index is 2.13. The number of benzene rings is 1. The van der Waals surface area contributed by atoms with Gasteiger partial charge in [-0.3, -0.25) is 4.79 Å². The molecular formula is C15H13ClFIN2O. The van der Waals surface area contributed by atoms with E-state index in [0.717, 1.165) is 18.5 Å². The van der Waals surface area contributed by atoms with Crippen LogP contribution in [0.25, 0.3) is 11.4 Å². The van der Waals surface area contributed by atoms with Crippen LogP contribution in [-0.4, -0.2) is 9.97 Å². The van der Waals surface area contributed by atoms with Gasteiger partial charge in [-0.2, -0.15) is 0 Å². The molecule has 0 saturated heterocycles. The molecule has 0 amide bonds. The fraction of sp³-hybridized carbons (Fsp3) is 0.333. The van der Waals surface area contributed by atoms with E-state index in [2.05, 4.69) is 9.97 Å². The fourth-order valence-electron chi connectivity index (χ4n) is 2.76. The molecule has 0 bridgehead atoms. The standard InChI is InChI=1S/C15H13ClFIN2O/c16-11-7-9(17)5-6-10(11)14-19-13(8-3-1-2-4-8)12(18)15(21)20-14/h5-8H,1-4H2,(H,19,20,21). The van der Waals surface area contributed by atoms with Gasteiger partial charge in [0.05, 0.1) is 14.3 Å². The monoisotopic (exact) mass is 418 g/mol. The van der Waals surface area contributed by atoms with Crippen molar-refractivity contribution in [3.63, 3.8) is 0 Å². The number of rotatable bonds is 2. The van der Waals surface area contributed by atoms with Crippen molar-refractivity contribution in [3.8, 4) is 11.4 Å². The summed E-state index contributed by atoms with van der Waals surface area (Å²) in [6, 6.07) is 4.08. The second-order valence-corrected chi connectivity index (χ2v) is 6.71. The van der Waals surface area contributed by atoms with Crippen LogP contribution in [0.3, 0.4) is 0 Å². The molecule has 6 heteroatoms. The Bertz CT molecular complexity index is 741. The topological polar surface area (TPSA) is 45.8 Å². The van der Waals surface area contributed by atoms with Crippen LogP contribution < -0.4 is 5.56 Å². The van der Waals surface area contributed by atoms with Gasteiger partial charge in [-0.25, -0.2) is 9.37 Å². The summed E-state index contributed by atoms with van der Waals surface area (Å²) in [6.07, 6.45) is 4.45. The van der Waals surface area contributed by atoms with E-state index in [1.807, 2.05) is 22.6 Å². The molecular weight excluding hydrogens is 406 g/mol. The quantitative estimate of drug-likeness (QED) is 0.730. The van der Waals surface area contributed by atoms with E-state index in [1.54, 1.807) is 6.07 Å². The Labute approximate surface area is 140 Å².